The second-order valence-corrected chi connectivity index (χ2v) is 7.98. The molecule has 7 nitrogen and oxygen atoms in total. The van der Waals surface area contributed by atoms with Crippen LogP contribution in [-0.4, -0.2) is 49.1 Å². The molecule has 0 aliphatic carbocycles. The largest absolute Gasteiger partial charge is 0.408 e. The van der Waals surface area contributed by atoms with Gasteiger partial charge in [-0.15, -0.1) is 5.10 Å². The number of hydrogen-bond acceptors (Lipinski definition) is 6. The van der Waals surface area contributed by atoms with Crippen LogP contribution < -0.4 is 4.90 Å². The van der Waals surface area contributed by atoms with Gasteiger partial charge in [0.15, 0.2) is 0 Å². The third kappa shape index (κ3) is 3.26. The number of piperazine rings is 1. The van der Waals surface area contributed by atoms with Gasteiger partial charge in [0.25, 0.3) is 0 Å². The first-order valence-corrected chi connectivity index (χ1v) is 9.57. The molecule has 2 heterocycles. The minimum atomic E-state index is -3.55. The van der Waals surface area contributed by atoms with Gasteiger partial charge in [0.1, 0.15) is 0 Å². The van der Waals surface area contributed by atoms with Gasteiger partial charge in [0, 0.05) is 37.6 Å². The zero-order valence-corrected chi connectivity index (χ0v) is 15.1. The minimum Gasteiger partial charge on any atom is -0.408 e. The molecule has 0 unspecified atom stereocenters. The molecule has 0 spiro atoms. The van der Waals surface area contributed by atoms with E-state index in [2.05, 4.69) is 10.2 Å². The fraction of sp³-hybridized carbons (Fsp3) is 0.467. The van der Waals surface area contributed by atoms with E-state index in [4.69, 9.17) is 16.0 Å². The van der Waals surface area contributed by atoms with E-state index in [0.29, 0.717) is 49.5 Å². The average molecular weight is 371 g/mol. The maximum Gasteiger partial charge on any atom is 0.318 e. The van der Waals surface area contributed by atoms with Crippen LogP contribution in [0, 0.1) is 6.92 Å². The molecule has 1 aliphatic rings. The molecule has 0 bridgehead atoms. The van der Waals surface area contributed by atoms with E-state index in [-0.39, 0.29) is 4.90 Å². The standard InChI is InChI=1S/C15H19ClN4O3S/c1-3-14-17-18-15(23-14)19-6-8-20(9-7-19)24(21,22)12-5-4-11(2)13(16)10-12/h4-5,10H,3,6-9H2,1-2H3. The number of nitrogens with zero attached hydrogens (tertiary/aromatic N) is 4. The van der Waals surface area contributed by atoms with Crippen molar-refractivity contribution in [3.63, 3.8) is 0 Å². The highest BCUT2D eigenvalue weighted by Gasteiger charge is 2.30. The van der Waals surface area contributed by atoms with Crippen LogP contribution in [0.25, 0.3) is 0 Å². The van der Waals surface area contributed by atoms with E-state index in [9.17, 15) is 8.42 Å². The lowest BCUT2D eigenvalue weighted by Crippen LogP contribution is -2.48. The topological polar surface area (TPSA) is 79.5 Å². The van der Waals surface area contributed by atoms with Crippen LogP contribution in [0.2, 0.25) is 5.02 Å². The molecule has 130 valence electrons. The van der Waals surface area contributed by atoms with Gasteiger partial charge in [0.2, 0.25) is 15.9 Å². The lowest BCUT2D eigenvalue weighted by atomic mass is 10.2. The van der Waals surface area contributed by atoms with Gasteiger partial charge in [-0.2, -0.15) is 4.31 Å². The second kappa shape index (κ2) is 6.70. The molecule has 2 aromatic rings. The van der Waals surface area contributed by atoms with Crippen molar-refractivity contribution in [1.82, 2.24) is 14.5 Å². The summed E-state index contributed by atoms with van der Waals surface area (Å²) in [6.07, 6.45) is 0.676. The molecule has 0 radical (unpaired) electrons. The van der Waals surface area contributed by atoms with Crippen LogP contribution in [-0.2, 0) is 16.4 Å². The van der Waals surface area contributed by atoms with Gasteiger partial charge in [-0.05, 0) is 24.6 Å². The highest BCUT2D eigenvalue weighted by Crippen LogP contribution is 2.24. The third-order valence-electron chi connectivity index (χ3n) is 4.05. The number of rotatable bonds is 4. The summed E-state index contributed by atoms with van der Waals surface area (Å²) in [5.74, 6) is 0.578. The second-order valence-electron chi connectivity index (χ2n) is 5.63. The highest BCUT2D eigenvalue weighted by molar-refractivity contribution is 7.89. The van der Waals surface area contributed by atoms with Crippen LogP contribution in [0.15, 0.2) is 27.5 Å². The maximum absolute atomic E-state index is 12.7. The SMILES string of the molecule is CCc1nnc(N2CCN(S(=O)(=O)c3ccc(C)c(Cl)c3)CC2)o1. The fourth-order valence-electron chi connectivity index (χ4n) is 2.52. The first-order chi connectivity index (χ1) is 11.4. The van der Waals surface area contributed by atoms with E-state index < -0.39 is 10.0 Å². The number of sulfonamides is 1. The number of anilines is 1. The minimum absolute atomic E-state index is 0.220. The number of halogens is 1. The molecular weight excluding hydrogens is 352 g/mol. The Hall–Kier alpha value is -1.64. The molecule has 24 heavy (non-hydrogen) atoms. The molecule has 1 aliphatic heterocycles. The first-order valence-electron chi connectivity index (χ1n) is 7.75. The number of aromatic nitrogens is 2. The predicted octanol–water partition coefficient (Wildman–Crippen LogP) is 2.10. The van der Waals surface area contributed by atoms with Crippen molar-refractivity contribution in [2.75, 3.05) is 31.1 Å². The predicted molar refractivity (Wildman–Crippen MR) is 90.8 cm³/mol. The summed E-state index contributed by atoms with van der Waals surface area (Å²) >= 11 is 6.06. The Morgan fingerprint density at radius 3 is 2.50 bits per heavy atom. The van der Waals surface area contributed by atoms with E-state index in [1.54, 1.807) is 12.1 Å². The van der Waals surface area contributed by atoms with Crippen molar-refractivity contribution in [3.05, 3.63) is 34.7 Å². The summed E-state index contributed by atoms with van der Waals surface area (Å²) in [7, 11) is -3.55. The monoisotopic (exact) mass is 370 g/mol. The molecule has 0 saturated carbocycles. The molecule has 9 heteroatoms. The zero-order valence-electron chi connectivity index (χ0n) is 13.6. The van der Waals surface area contributed by atoms with Crippen molar-refractivity contribution in [3.8, 4) is 0 Å². The lowest BCUT2D eigenvalue weighted by molar-refractivity contribution is 0.369. The third-order valence-corrected chi connectivity index (χ3v) is 6.35. The lowest BCUT2D eigenvalue weighted by Gasteiger charge is -2.32. The van der Waals surface area contributed by atoms with Crippen LogP contribution in [0.4, 0.5) is 6.01 Å². The van der Waals surface area contributed by atoms with Gasteiger partial charge in [-0.3, -0.25) is 0 Å². The summed E-state index contributed by atoms with van der Waals surface area (Å²) in [6, 6.07) is 5.26. The molecule has 0 atom stereocenters. The Labute approximate surface area is 146 Å². The quantitative estimate of drug-likeness (QED) is 0.820. The molecule has 1 aromatic carbocycles. The van der Waals surface area contributed by atoms with Gasteiger partial charge >= 0.3 is 6.01 Å². The summed E-state index contributed by atoms with van der Waals surface area (Å²) in [5, 5.41) is 8.39. The average Bonchev–Trinajstić information content (AvgIpc) is 3.06. The van der Waals surface area contributed by atoms with Gasteiger partial charge in [-0.25, -0.2) is 8.42 Å². The fourth-order valence-corrected chi connectivity index (χ4v) is 4.21. The van der Waals surface area contributed by atoms with Crippen molar-refractivity contribution in [2.24, 2.45) is 0 Å². The Bertz CT molecular complexity index is 829. The number of benzene rings is 1. The van der Waals surface area contributed by atoms with Crippen molar-refractivity contribution < 1.29 is 12.8 Å². The summed E-state index contributed by atoms with van der Waals surface area (Å²) < 4.78 is 32.5. The summed E-state index contributed by atoms with van der Waals surface area (Å²) in [4.78, 5) is 2.12. The van der Waals surface area contributed by atoms with E-state index in [1.165, 1.54) is 10.4 Å². The molecule has 3 rings (SSSR count). The maximum atomic E-state index is 12.7. The Morgan fingerprint density at radius 2 is 1.92 bits per heavy atom. The highest BCUT2D eigenvalue weighted by atomic mass is 35.5. The normalized spacial score (nSPS) is 16.5. The zero-order chi connectivity index (χ0) is 17.3. The molecule has 0 N–H and O–H groups in total. The smallest absolute Gasteiger partial charge is 0.318 e. The van der Waals surface area contributed by atoms with Crippen LogP contribution in [0.5, 0.6) is 0 Å². The van der Waals surface area contributed by atoms with Gasteiger partial charge in [-0.1, -0.05) is 29.7 Å². The molecule has 1 saturated heterocycles. The van der Waals surface area contributed by atoms with E-state index in [0.717, 1.165) is 5.56 Å². The van der Waals surface area contributed by atoms with Gasteiger partial charge in [0.05, 0.1) is 4.90 Å². The van der Waals surface area contributed by atoms with E-state index in [1.807, 2.05) is 18.7 Å². The first kappa shape index (κ1) is 17.2. The van der Waals surface area contributed by atoms with Crippen molar-refractivity contribution >= 4 is 27.6 Å². The molecular formula is C15H19ClN4O3S. The Morgan fingerprint density at radius 1 is 1.21 bits per heavy atom. The van der Waals surface area contributed by atoms with Crippen molar-refractivity contribution in [1.29, 1.82) is 0 Å². The molecule has 0 amide bonds. The summed E-state index contributed by atoms with van der Waals surface area (Å²) in [5.41, 5.74) is 0.851. The van der Waals surface area contributed by atoms with Crippen molar-refractivity contribution in [2.45, 2.75) is 25.2 Å². The van der Waals surface area contributed by atoms with E-state index >= 15 is 0 Å². The number of aryl methyl sites for hydroxylation is 2. The summed E-state index contributed by atoms with van der Waals surface area (Å²) in [6.45, 7) is 5.50. The Kier molecular flexibility index (Phi) is 4.80. The van der Waals surface area contributed by atoms with Crippen LogP contribution >= 0.6 is 11.6 Å². The Balaban J connectivity index is 1.72. The molecule has 1 fully saturated rings. The number of hydrogen-bond donors (Lipinski definition) is 0. The van der Waals surface area contributed by atoms with Crippen LogP contribution in [0.3, 0.4) is 0 Å². The molecule has 1 aromatic heterocycles. The van der Waals surface area contributed by atoms with Crippen LogP contribution in [0.1, 0.15) is 18.4 Å². The van der Waals surface area contributed by atoms with Gasteiger partial charge < -0.3 is 9.32 Å².